The monoisotopic (exact) mass is 426 g/mol. The predicted octanol–water partition coefficient (Wildman–Crippen LogP) is 3.62. The Bertz CT molecular complexity index is 1150. The lowest BCUT2D eigenvalue weighted by molar-refractivity contribution is -0.116. The number of carbonyl (C=O) groups is 1. The maximum Gasteiger partial charge on any atom is 0.229 e. The molecule has 0 fully saturated rings. The van der Waals surface area contributed by atoms with Crippen molar-refractivity contribution in [2.75, 3.05) is 16.3 Å². The van der Waals surface area contributed by atoms with E-state index in [9.17, 15) is 13.2 Å². The number of benzene rings is 2. The number of hydrogen-bond donors (Lipinski definition) is 2. The fraction of sp³-hybridized carbons (Fsp3) is 0.150. The number of thiazole rings is 1. The fourth-order valence-electron chi connectivity index (χ4n) is 2.57. The highest BCUT2D eigenvalue weighted by molar-refractivity contribution is 7.92. The Labute approximate surface area is 173 Å². The minimum absolute atomic E-state index is 0.136. The van der Waals surface area contributed by atoms with Crippen LogP contribution in [0.4, 0.5) is 10.8 Å². The molecule has 0 spiro atoms. The molecule has 0 saturated heterocycles. The number of amides is 1. The van der Waals surface area contributed by atoms with Crippen molar-refractivity contribution < 1.29 is 13.2 Å². The number of nitrogens with zero attached hydrogens (tertiary/aromatic N) is 2. The molecule has 0 saturated carbocycles. The highest BCUT2D eigenvalue weighted by Crippen LogP contribution is 2.26. The number of nitrogens with one attached hydrogen (secondary N) is 2. The molecule has 2 N–H and O–H groups in total. The lowest BCUT2D eigenvalue weighted by Crippen LogP contribution is -2.12. The summed E-state index contributed by atoms with van der Waals surface area (Å²) in [7, 11) is -3.32. The number of hydrogen-bond acceptors (Lipinski definition) is 6. The molecule has 3 aromatic rings. The van der Waals surface area contributed by atoms with E-state index in [0.29, 0.717) is 34.9 Å². The average Bonchev–Trinajstić information content (AvgIpc) is 3.14. The zero-order valence-electron chi connectivity index (χ0n) is 15.5. The molecule has 3 rings (SSSR count). The second-order valence-corrected chi connectivity index (χ2v) is 8.95. The van der Waals surface area contributed by atoms with Gasteiger partial charge >= 0.3 is 0 Å². The van der Waals surface area contributed by atoms with E-state index in [2.05, 4.69) is 21.1 Å². The third-order valence-corrected chi connectivity index (χ3v) is 5.32. The molecule has 0 bridgehead atoms. The van der Waals surface area contributed by atoms with Crippen LogP contribution >= 0.6 is 11.3 Å². The number of rotatable bonds is 7. The topological polar surface area (TPSA) is 112 Å². The van der Waals surface area contributed by atoms with Gasteiger partial charge in [-0.15, -0.1) is 11.3 Å². The molecule has 0 atom stereocenters. The summed E-state index contributed by atoms with van der Waals surface area (Å²) in [6, 6.07) is 16.1. The summed E-state index contributed by atoms with van der Waals surface area (Å²) in [6.07, 6.45) is 1.98. The zero-order chi connectivity index (χ0) is 20.9. The molecule has 7 nitrogen and oxygen atoms in total. The van der Waals surface area contributed by atoms with Crippen molar-refractivity contribution in [3.05, 3.63) is 65.0 Å². The van der Waals surface area contributed by atoms with Gasteiger partial charge in [-0.3, -0.25) is 9.52 Å². The number of carbonyl (C=O) groups excluding carboxylic acids is 1. The van der Waals surface area contributed by atoms with Crippen molar-refractivity contribution in [1.82, 2.24) is 4.98 Å². The second-order valence-electron chi connectivity index (χ2n) is 6.35. The van der Waals surface area contributed by atoms with Crippen molar-refractivity contribution in [2.45, 2.75) is 12.8 Å². The minimum Gasteiger partial charge on any atom is -0.302 e. The van der Waals surface area contributed by atoms with Crippen molar-refractivity contribution in [1.29, 1.82) is 5.26 Å². The van der Waals surface area contributed by atoms with Crippen LogP contribution in [0.1, 0.15) is 17.5 Å². The number of aromatic nitrogens is 1. The van der Waals surface area contributed by atoms with E-state index < -0.39 is 10.0 Å². The summed E-state index contributed by atoms with van der Waals surface area (Å²) < 4.78 is 24.9. The first-order chi connectivity index (χ1) is 13.8. The van der Waals surface area contributed by atoms with Gasteiger partial charge in [-0.05, 0) is 36.2 Å². The molecular weight excluding hydrogens is 408 g/mol. The van der Waals surface area contributed by atoms with Gasteiger partial charge in [0.25, 0.3) is 0 Å². The summed E-state index contributed by atoms with van der Waals surface area (Å²) in [4.78, 5) is 16.6. The molecule has 2 aromatic carbocycles. The van der Waals surface area contributed by atoms with Crippen molar-refractivity contribution >= 4 is 38.1 Å². The SMILES string of the molecule is CS(=O)(=O)Nc1ccc(-c2csc(NC(=O)CCc3ccc(C#N)cc3)n2)cc1. The zero-order valence-corrected chi connectivity index (χ0v) is 17.2. The number of aryl methyl sites for hydroxylation is 1. The van der Waals surface area contributed by atoms with Crippen LogP contribution < -0.4 is 10.0 Å². The van der Waals surface area contributed by atoms with Gasteiger partial charge in [0.05, 0.1) is 23.6 Å². The molecule has 1 amide bonds. The van der Waals surface area contributed by atoms with Gasteiger partial charge in [-0.2, -0.15) is 5.26 Å². The summed E-state index contributed by atoms with van der Waals surface area (Å²) in [6.45, 7) is 0. The largest absolute Gasteiger partial charge is 0.302 e. The van der Waals surface area contributed by atoms with Crippen LogP contribution in [0.3, 0.4) is 0 Å². The van der Waals surface area contributed by atoms with E-state index in [4.69, 9.17) is 5.26 Å². The molecular formula is C20H18N4O3S2. The van der Waals surface area contributed by atoms with Crippen molar-refractivity contribution in [2.24, 2.45) is 0 Å². The Hall–Kier alpha value is -3.22. The van der Waals surface area contributed by atoms with E-state index in [1.807, 2.05) is 17.5 Å². The average molecular weight is 427 g/mol. The van der Waals surface area contributed by atoms with Crippen LogP contribution in [-0.4, -0.2) is 25.6 Å². The van der Waals surface area contributed by atoms with Gasteiger partial charge in [0.1, 0.15) is 0 Å². The quantitative estimate of drug-likeness (QED) is 0.599. The van der Waals surface area contributed by atoms with Crippen molar-refractivity contribution in [3.8, 4) is 17.3 Å². The molecule has 0 aliphatic carbocycles. The van der Waals surface area contributed by atoms with E-state index in [-0.39, 0.29) is 5.91 Å². The lowest BCUT2D eigenvalue weighted by atomic mass is 10.1. The first-order valence-electron chi connectivity index (χ1n) is 8.65. The predicted molar refractivity (Wildman–Crippen MR) is 114 cm³/mol. The highest BCUT2D eigenvalue weighted by atomic mass is 32.2. The fourth-order valence-corrected chi connectivity index (χ4v) is 3.87. The maximum absolute atomic E-state index is 12.2. The van der Waals surface area contributed by atoms with Crippen LogP contribution in [0.2, 0.25) is 0 Å². The van der Waals surface area contributed by atoms with E-state index in [1.165, 1.54) is 11.3 Å². The van der Waals surface area contributed by atoms with Crippen LogP contribution in [0.5, 0.6) is 0 Å². The third kappa shape index (κ3) is 6.14. The van der Waals surface area contributed by atoms with Gasteiger partial charge < -0.3 is 5.32 Å². The number of nitriles is 1. The Kier molecular flexibility index (Phi) is 6.26. The normalized spacial score (nSPS) is 10.9. The van der Waals surface area contributed by atoms with Crippen LogP contribution in [0.25, 0.3) is 11.3 Å². The first-order valence-corrected chi connectivity index (χ1v) is 11.4. The standard InChI is InChI=1S/C20H18N4O3S2/c1-29(26,27)24-17-9-7-16(8-10-17)18-13-28-20(22-18)23-19(25)11-6-14-2-4-15(12-21)5-3-14/h2-5,7-10,13,24H,6,11H2,1H3,(H,22,23,25). The first kappa shape index (κ1) is 20.5. The Balaban J connectivity index is 1.56. The Morgan fingerprint density at radius 3 is 2.45 bits per heavy atom. The molecule has 0 aliphatic heterocycles. The smallest absolute Gasteiger partial charge is 0.229 e. The molecule has 1 heterocycles. The highest BCUT2D eigenvalue weighted by Gasteiger charge is 2.09. The van der Waals surface area contributed by atoms with Crippen LogP contribution in [0, 0.1) is 11.3 Å². The van der Waals surface area contributed by atoms with E-state index >= 15 is 0 Å². The van der Waals surface area contributed by atoms with E-state index in [0.717, 1.165) is 17.4 Å². The molecule has 9 heteroatoms. The molecule has 0 unspecified atom stereocenters. The van der Waals surface area contributed by atoms with E-state index in [1.54, 1.807) is 36.4 Å². The number of sulfonamides is 1. The van der Waals surface area contributed by atoms with Gasteiger partial charge in [0, 0.05) is 23.1 Å². The minimum atomic E-state index is -3.32. The molecule has 1 aromatic heterocycles. The second kappa shape index (κ2) is 8.86. The van der Waals surface area contributed by atoms with Crippen molar-refractivity contribution in [3.63, 3.8) is 0 Å². The summed E-state index contributed by atoms with van der Waals surface area (Å²) >= 11 is 1.32. The molecule has 0 aliphatic rings. The summed E-state index contributed by atoms with van der Waals surface area (Å²) in [5, 5.41) is 13.9. The Morgan fingerprint density at radius 2 is 1.83 bits per heavy atom. The summed E-state index contributed by atoms with van der Waals surface area (Å²) in [5.41, 5.74) is 3.57. The van der Waals surface area contributed by atoms with Gasteiger partial charge in [0.2, 0.25) is 15.9 Å². The van der Waals surface area contributed by atoms with Gasteiger partial charge in [0.15, 0.2) is 5.13 Å². The molecule has 29 heavy (non-hydrogen) atoms. The van der Waals surface area contributed by atoms with Gasteiger partial charge in [-0.25, -0.2) is 13.4 Å². The third-order valence-electron chi connectivity index (χ3n) is 3.96. The molecule has 0 radical (unpaired) electrons. The van der Waals surface area contributed by atoms with Gasteiger partial charge in [-0.1, -0.05) is 24.3 Å². The maximum atomic E-state index is 12.2. The van der Waals surface area contributed by atoms with Crippen LogP contribution in [-0.2, 0) is 21.2 Å². The summed E-state index contributed by atoms with van der Waals surface area (Å²) in [5.74, 6) is -0.136. The lowest BCUT2D eigenvalue weighted by Gasteiger charge is -2.04. The molecule has 148 valence electrons. The van der Waals surface area contributed by atoms with Crippen LogP contribution in [0.15, 0.2) is 53.9 Å². The number of anilines is 2. The Morgan fingerprint density at radius 1 is 1.14 bits per heavy atom.